The van der Waals surface area contributed by atoms with Gasteiger partial charge in [0, 0.05) is 25.2 Å². The molecule has 1 aliphatic heterocycles. The number of piperidine rings is 1. The third-order valence-corrected chi connectivity index (χ3v) is 5.28. The topological polar surface area (TPSA) is 108 Å². The fraction of sp³-hybridized carbons (Fsp3) is 0.421. The van der Waals surface area contributed by atoms with Gasteiger partial charge in [0.2, 0.25) is 0 Å². The number of H-pyrrole nitrogens is 1. The second-order valence-corrected chi connectivity index (χ2v) is 7.32. The molecule has 0 spiro atoms. The number of carbonyl (C=O) groups is 1. The van der Waals surface area contributed by atoms with Gasteiger partial charge < -0.3 is 15.0 Å². The number of aromatic nitrogens is 5. The van der Waals surface area contributed by atoms with Crippen LogP contribution in [0.25, 0.3) is 22.7 Å². The van der Waals surface area contributed by atoms with E-state index in [4.69, 9.17) is 0 Å². The Morgan fingerprint density at radius 3 is 2.85 bits per heavy atom. The van der Waals surface area contributed by atoms with Crippen LogP contribution >= 0.6 is 0 Å². The molecule has 3 aromatic heterocycles. The Morgan fingerprint density at radius 1 is 1.15 bits per heavy atom. The predicted molar refractivity (Wildman–Crippen MR) is 99.5 cm³/mol. The highest BCUT2D eigenvalue weighted by molar-refractivity contribution is 5.77. The number of anilines is 1. The third kappa shape index (κ3) is 3.11. The minimum absolute atomic E-state index is 0.338. The van der Waals surface area contributed by atoms with Crippen molar-refractivity contribution in [2.45, 2.75) is 31.6 Å². The number of pyridine rings is 1. The minimum atomic E-state index is -0.736. The summed E-state index contributed by atoms with van der Waals surface area (Å²) in [6, 6.07) is 5.68. The first-order valence-corrected chi connectivity index (χ1v) is 9.35. The molecule has 27 heavy (non-hydrogen) atoms. The van der Waals surface area contributed by atoms with Crippen LogP contribution in [-0.2, 0) is 4.79 Å². The van der Waals surface area contributed by atoms with Gasteiger partial charge in [0.05, 0.1) is 5.92 Å². The van der Waals surface area contributed by atoms with E-state index >= 15 is 0 Å². The summed E-state index contributed by atoms with van der Waals surface area (Å²) in [6.07, 6.45) is 5.67. The lowest BCUT2D eigenvalue weighted by molar-refractivity contribution is -0.141. The van der Waals surface area contributed by atoms with E-state index in [1.807, 2.05) is 23.1 Å². The van der Waals surface area contributed by atoms with Crippen LogP contribution in [0.1, 0.15) is 37.4 Å². The van der Waals surface area contributed by atoms with E-state index in [1.165, 1.54) is 0 Å². The lowest BCUT2D eigenvalue weighted by Gasteiger charge is -2.31. The second kappa shape index (κ2) is 6.29. The van der Waals surface area contributed by atoms with Crippen molar-refractivity contribution in [2.75, 3.05) is 18.0 Å². The Morgan fingerprint density at radius 2 is 2.04 bits per heavy atom. The summed E-state index contributed by atoms with van der Waals surface area (Å²) in [5.74, 6) is 1.76. The van der Waals surface area contributed by atoms with Crippen molar-refractivity contribution in [3.63, 3.8) is 0 Å². The van der Waals surface area contributed by atoms with Crippen LogP contribution in [-0.4, -0.2) is 49.1 Å². The normalized spacial score (nSPS) is 20.1. The van der Waals surface area contributed by atoms with Gasteiger partial charge in [-0.2, -0.15) is 0 Å². The molecule has 2 aliphatic rings. The molecule has 0 unspecified atom stereocenters. The molecule has 5 rings (SSSR count). The fourth-order valence-electron chi connectivity index (χ4n) is 3.61. The van der Waals surface area contributed by atoms with Crippen LogP contribution in [0.4, 0.5) is 5.82 Å². The molecule has 2 N–H and O–H groups in total. The van der Waals surface area contributed by atoms with Gasteiger partial charge in [0.15, 0.2) is 11.5 Å². The summed E-state index contributed by atoms with van der Waals surface area (Å²) >= 11 is 0. The van der Waals surface area contributed by atoms with E-state index in [0.29, 0.717) is 23.9 Å². The Balaban J connectivity index is 1.44. The number of carboxylic acid groups (broad SMARTS) is 1. The smallest absolute Gasteiger partial charge is 0.308 e. The molecule has 0 radical (unpaired) electrons. The number of hydrogen-bond donors (Lipinski definition) is 2. The van der Waals surface area contributed by atoms with Crippen LogP contribution < -0.4 is 4.90 Å². The van der Waals surface area contributed by atoms with Gasteiger partial charge >= 0.3 is 5.97 Å². The summed E-state index contributed by atoms with van der Waals surface area (Å²) < 4.78 is 0. The number of fused-ring (bicyclic) bond motifs is 1. The van der Waals surface area contributed by atoms with E-state index < -0.39 is 5.97 Å². The maximum absolute atomic E-state index is 11.3. The average Bonchev–Trinajstić information content (AvgIpc) is 3.46. The molecule has 0 aromatic carbocycles. The number of aromatic amines is 1. The van der Waals surface area contributed by atoms with Crippen LogP contribution in [0.15, 0.2) is 24.4 Å². The number of aliphatic carboxylic acids is 1. The highest BCUT2D eigenvalue weighted by Gasteiger charge is 2.27. The summed E-state index contributed by atoms with van der Waals surface area (Å²) in [6.45, 7) is 1.31. The molecular weight excluding hydrogens is 344 g/mol. The number of nitrogens with zero attached hydrogens (tertiary/aromatic N) is 5. The van der Waals surface area contributed by atoms with Crippen molar-refractivity contribution in [1.29, 1.82) is 0 Å². The maximum atomic E-state index is 11.3. The summed E-state index contributed by atoms with van der Waals surface area (Å²) in [5, 5.41) is 9.29. The van der Waals surface area contributed by atoms with E-state index in [9.17, 15) is 9.90 Å². The molecule has 1 saturated heterocycles. The second-order valence-electron chi connectivity index (χ2n) is 7.32. The lowest BCUT2D eigenvalue weighted by atomic mass is 9.98. The zero-order valence-corrected chi connectivity index (χ0v) is 14.8. The van der Waals surface area contributed by atoms with Crippen LogP contribution in [0.5, 0.6) is 0 Å². The van der Waals surface area contributed by atoms with E-state index in [-0.39, 0.29) is 5.92 Å². The Bertz CT molecular complexity index is 1010. The van der Waals surface area contributed by atoms with E-state index in [2.05, 4.69) is 24.9 Å². The lowest BCUT2D eigenvalue weighted by Crippen LogP contribution is -2.39. The van der Waals surface area contributed by atoms with E-state index in [1.54, 1.807) is 6.20 Å². The van der Waals surface area contributed by atoms with Gasteiger partial charge in [0.1, 0.15) is 22.9 Å². The monoisotopic (exact) mass is 364 g/mol. The van der Waals surface area contributed by atoms with Gasteiger partial charge in [0.25, 0.3) is 0 Å². The van der Waals surface area contributed by atoms with Crippen molar-refractivity contribution in [3.05, 3.63) is 30.2 Å². The molecule has 3 aromatic rings. The summed E-state index contributed by atoms with van der Waals surface area (Å²) in [7, 11) is 0. The minimum Gasteiger partial charge on any atom is -0.481 e. The van der Waals surface area contributed by atoms with Crippen LogP contribution in [0, 0.1) is 5.92 Å². The molecule has 1 atom stereocenters. The molecule has 0 bridgehead atoms. The van der Waals surface area contributed by atoms with Crippen LogP contribution in [0.3, 0.4) is 0 Å². The predicted octanol–water partition coefficient (Wildman–Crippen LogP) is 2.59. The number of nitrogens with one attached hydrogen (secondary N) is 1. The van der Waals surface area contributed by atoms with Crippen molar-refractivity contribution in [3.8, 4) is 11.5 Å². The highest BCUT2D eigenvalue weighted by Crippen LogP contribution is 2.38. The molecule has 2 fully saturated rings. The molecule has 8 nitrogen and oxygen atoms in total. The Hall–Kier alpha value is -3.03. The molecule has 138 valence electrons. The van der Waals surface area contributed by atoms with Crippen molar-refractivity contribution < 1.29 is 9.90 Å². The molecule has 8 heteroatoms. The molecular formula is C19H20N6O2. The zero-order valence-electron chi connectivity index (χ0n) is 14.8. The summed E-state index contributed by atoms with van der Waals surface area (Å²) in [4.78, 5) is 34.9. The fourth-order valence-corrected chi connectivity index (χ4v) is 3.61. The molecule has 1 aliphatic carbocycles. The number of carboxylic acids is 1. The number of rotatable bonds is 4. The van der Waals surface area contributed by atoms with Gasteiger partial charge in [-0.1, -0.05) is 0 Å². The van der Waals surface area contributed by atoms with Crippen molar-refractivity contribution >= 4 is 23.0 Å². The van der Waals surface area contributed by atoms with Crippen LogP contribution in [0.2, 0.25) is 0 Å². The standard InChI is InChI=1S/C19H20N6O2/c26-19(27)12-2-1-9-25(10-12)15-6-5-13-18(23-15)24-17(22-13)14-7-8-20-16(21-14)11-3-4-11/h5-8,11-12H,1-4,9-10H2,(H,26,27)(H,22,23,24)/t12-/m1/s1. The zero-order chi connectivity index (χ0) is 18.4. The van der Waals surface area contributed by atoms with E-state index in [0.717, 1.165) is 55.1 Å². The Labute approximate surface area is 155 Å². The van der Waals surface area contributed by atoms with Gasteiger partial charge in [-0.3, -0.25) is 4.79 Å². The first kappa shape index (κ1) is 16.2. The van der Waals surface area contributed by atoms with Gasteiger partial charge in [-0.05, 0) is 43.9 Å². The molecule has 0 amide bonds. The maximum Gasteiger partial charge on any atom is 0.308 e. The number of imidazole rings is 1. The first-order chi connectivity index (χ1) is 13.2. The molecule has 4 heterocycles. The quantitative estimate of drug-likeness (QED) is 0.732. The number of hydrogen-bond acceptors (Lipinski definition) is 6. The van der Waals surface area contributed by atoms with Gasteiger partial charge in [-0.15, -0.1) is 0 Å². The van der Waals surface area contributed by atoms with Gasteiger partial charge in [-0.25, -0.2) is 19.9 Å². The molecule has 1 saturated carbocycles. The average molecular weight is 364 g/mol. The first-order valence-electron chi connectivity index (χ1n) is 9.35. The Kier molecular flexibility index (Phi) is 3.77. The van der Waals surface area contributed by atoms with Crippen molar-refractivity contribution in [1.82, 2.24) is 24.9 Å². The summed E-state index contributed by atoms with van der Waals surface area (Å²) in [5.41, 5.74) is 2.23. The SMILES string of the molecule is O=C(O)[C@@H]1CCCN(c2ccc3nc(-c4ccnc(C5CC5)n4)[nH]c3n2)C1. The van der Waals surface area contributed by atoms with Crippen molar-refractivity contribution in [2.24, 2.45) is 5.92 Å². The largest absolute Gasteiger partial charge is 0.481 e. The third-order valence-electron chi connectivity index (χ3n) is 5.28. The highest BCUT2D eigenvalue weighted by atomic mass is 16.4.